The van der Waals surface area contributed by atoms with Crippen LogP contribution in [0.2, 0.25) is 0 Å². The quantitative estimate of drug-likeness (QED) is 0.694. The lowest BCUT2D eigenvalue weighted by Gasteiger charge is -2.20. The zero-order valence-electron chi connectivity index (χ0n) is 14.2. The average molecular weight is 321 g/mol. The number of nitrogens with one attached hydrogen (secondary N) is 1. The lowest BCUT2D eigenvalue weighted by atomic mass is 9.99. The molecule has 2 N–H and O–H groups in total. The number of carboxylic acid groups (broad SMARTS) is 1. The standard InChI is InChI=1S/C18H27NO4/c1-4-12-23-15-9-6-14(7-10-15)8-11-16(20)19-17(18(21)22)13(3)5-2/h6-7,9-10,13,17H,4-5,8,11-12H2,1-3H3,(H,19,20)(H,21,22)/t13-,17-/m0/s1. The molecule has 0 aliphatic carbocycles. The van der Waals surface area contributed by atoms with Crippen LogP contribution >= 0.6 is 0 Å². The van der Waals surface area contributed by atoms with Crippen molar-refractivity contribution in [3.8, 4) is 5.75 Å². The lowest BCUT2D eigenvalue weighted by Crippen LogP contribution is -2.45. The Morgan fingerprint density at radius 2 is 1.87 bits per heavy atom. The first kappa shape index (κ1) is 19.0. The maximum Gasteiger partial charge on any atom is 0.326 e. The molecule has 0 heterocycles. The fourth-order valence-electron chi connectivity index (χ4n) is 2.16. The SMILES string of the molecule is CCCOc1ccc(CCC(=O)N[C@H](C(=O)O)[C@@H](C)CC)cc1. The van der Waals surface area contributed by atoms with Gasteiger partial charge in [-0.05, 0) is 36.5 Å². The summed E-state index contributed by atoms with van der Waals surface area (Å²) >= 11 is 0. The highest BCUT2D eigenvalue weighted by Gasteiger charge is 2.24. The van der Waals surface area contributed by atoms with E-state index in [-0.39, 0.29) is 18.2 Å². The van der Waals surface area contributed by atoms with Crippen molar-refractivity contribution in [1.82, 2.24) is 5.32 Å². The minimum Gasteiger partial charge on any atom is -0.494 e. The van der Waals surface area contributed by atoms with Gasteiger partial charge in [-0.15, -0.1) is 0 Å². The van der Waals surface area contributed by atoms with E-state index in [4.69, 9.17) is 4.74 Å². The van der Waals surface area contributed by atoms with Crippen LogP contribution in [0, 0.1) is 5.92 Å². The maximum absolute atomic E-state index is 12.0. The van der Waals surface area contributed by atoms with Crippen molar-refractivity contribution in [1.29, 1.82) is 0 Å². The normalized spacial score (nSPS) is 13.2. The third kappa shape index (κ3) is 6.72. The first-order chi connectivity index (χ1) is 11.0. The second-order valence-electron chi connectivity index (χ2n) is 5.76. The molecule has 0 spiro atoms. The van der Waals surface area contributed by atoms with Gasteiger partial charge in [0, 0.05) is 6.42 Å². The third-order valence-corrected chi connectivity index (χ3v) is 3.83. The minimum absolute atomic E-state index is 0.0913. The largest absolute Gasteiger partial charge is 0.494 e. The van der Waals surface area contributed by atoms with Crippen molar-refractivity contribution in [3.05, 3.63) is 29.8 Å². The first-order valence-electron chi connectivity index (χ1n) is 8.21. The summed E-state index contributed by atoms with van der Waals surface area (Å²) in [7, 11) is 0. The van der Waals surface area contributed by atoms with E-state index in [1.165, 1.54) is 0 Å². The molecule has 5 nitrogen and oxygen atoms in total. The van der Waals surface area contributed by atoms with E-state index in [2.05, 4.69) is 12.2 Å². The molecule has 0 aliphatic rings. The van der Waals surface area contributed by atoms with Gasteiger partial charge in [0.2, 0.25) is 5.91 Å². The molecule has 128 valence electrons. The highest BCUT2D eigenvalue weighted by atomic mass is 16.5. The van der Waals surface area contributed by atoms with Crippen LogP contribution < -0.4 is 10.1 Å². The zero-order chi connectivity index (χ0) is 17.2. The van der Waals surface area contributed by atoms with Gasteiger partial charge < -0.3 is 15.2 Å². The Labute approximate surface area is 138 Å². The van der Waals surface area contributed by atoms with E-state index < -0.39 is 12.0 Å². The van der Waals surface area contributed by atoms with Gasteiger partial charge in [0.25, 0.3) is 0 Å². The van der Waals surface area contributed by atoms with E-state index in [1.54, 1.807) is 0 Å². The number of carbonyl (C=O) groups excluding carboxylic acids is 1. The number of benzene rings is 1. The number of amides is 1. The summed E-state index contributed by atoms with van der Waals surface area (Å²) in [5.41, 5.74) is 1.03. The van der Waals surface area contributed by atoms with E-state index in [1.807, 2.05) is 38.1 Å². The van der Waals surface area contributed by atoms with Crippen molar-refractivity contribution < 1.29 is 19.4 Å². The van der Waals surface area contributed by atoms with Crippen LogP contribution in [-0.4, -0.2) is 29.6 Å². The van der Waals surface area contributed by atoms with Crippen LogP contribution in [0.1, 0.15) is 45.6 Å². The fraction of sp³-hybridized carbons (Fsp3) is 0.556. The molecular weight excluding hydrogens is 294 g/mol. The zero-order valence-corrected chi connectivity index (χ0v) is 14.2. The predicted molar refractivity (Wildman–Crippen MR) is 89.6 cm³/mol. The molecule has 1 amide bonds. The molecule has 5 heteroatoms. The van der Waals surface area contributed by atoms with Gasteiger partial charge in [0.15, 0.2) is 0 Å². The molecule has 0 unspecified atom stereocenters. The van der Waals surface area contributed by atoms with Crippen LogP contribution in [0.15, 0.2) is 24.3 Å². The number of carbonyl (C=O) groups is 2. The number of aliphatic carboxylic acids is 1. The molecule has 0 aliphatic heterocycles. The molecule has 1 aromatic carbocycles. The summed E-state index contributed by atoms with van der Waals surface area (Å²) in [4.78, 5) is 23.2. The number of aryl methyl sites for hydroxylation is 1. The van der Waals surface area contributed by atoms with Crippen molar-refractivity contribution in [2.75, 3.05) is 6.61 Å². The molecule has 2 atom stereocenters. The van der Waals surface area contributed by atoms with E-state index in [0.717, 1.165) is 17.7 Å². The second kappa shape index (κ2) is 9.87. The van der Waals surface area contributed by atoms with E-state index in [0.29, 0.717) is 19.4 Å². The van der Waals surface area contributed by atoms with E-state index >= 15 is 0 Å². The molecule has 0 radical (unpaired) electrons. The molecule has 1 aromatic rings. The Kier molecular flexibility index (Phi) is 8.16. The van der Waals surface area contributed by atoms with Crippen LogP contribution in [0.25, 0.3) is 0 Å². The summed E-state index contributed by atoms with van der Waals surface area (Å²) in [5.74, 6) is -0.483. The van der Waals surface area contributed by atoms with Crippen molar-refractivity contribution >= 4 is 11.9 Å². The molecule has 0 fully saturated rings. The van der Waals surface area contributed by atoms with Crippen molar-refractivity contribution in [2.24, 2.45) is 5.92 Å². The first-order valence-corrected chi connectivity index (χ1v) is 8.21. The summed E-state index contributed by atoms with van der Waals surface area (Å²) in [6, 6.07) is 6.82. The topological polar surface area (TPSA) is 75.6 Å². The summed E-state index contributed by atoms with van der Waals surface area (Å²) < 4.78 is 5.51. The molecular formula is C18H27NO4. The Morgan fingerprint density at radius 1 is 1.22 bits per heavy atom. The summed E-state index contributed by atoms with van der Waals surface area (Å²) in [5, 5.41) is 11.8. The summed E-state index contributed by atoms with van der Waals surface area (Å²) in [6.45, 7) is 6.48. The van der Waals surface area contributed by atoms with Crippen molar-refractivity contribution in [3.63, 3.8) is 0 Å². The van der Waals surface area contributed by atoms with Crippen LogP contribution in [0.4, 0.5) is 0 Å². The fourth-order valence-corrected chi connectivity index (χ4v) is 2.16. The number of rotatable bonds is 10. The lowest BCUT2D eigenvalue weighted by molar-refractivity contribution is -0.143. The van der Waals surface area contributed by atoms with Crippen LogP contribution in [0.3, 0.4) is 0 Å². The van der Waals surface area contributed by atoms with Gasteiger partial charge in [0.05, 0.1) is 6.61 Å². The number of ether oxygens (including phenoxy) is 1. The van der Waals surface area contributed by atoms with E-state index in [9.17, 15) is 14.7 Å². The van der Waals surface area contributed by atoms with Gasteiger partial charge in [-0.2, -0.15) is 0 Å². The highest BCUT2D eigenvalue weighted by Crippen LogP contribution is 2.14. The maximum atomic E-state index is 12.0. The molecule has 0 aromatic heterocycles. The minimum atomic E-state index is -0.981. The Bertz CT molecular complexity index is 498. The van der Waals surface area contributed by atoms with Crippen LogP contribution in [0.5, 0.6) is 5.75 Å². The van der Waals surface area contributed by atoms with Crippen LogP contribution in [-0.2, 0) is 16.0 Å². The molecule has 0 saturated heterocycles. The van der Waals surface area contributed by atoms with Gasteiger partial charge in [-0.3, -0.25) is 4.79 Å². The van der Waals surface area contributed by atoms with Gasteiger partial charge in [-0.1, -0.05) is 39.3 Å². The number of hydrogen-bond acceptors (Lipinski definition) is 3. The second-order valence-corrected chi connectivity index (χ2v) is 5.76. The summed E-state index contributed by atoms with van der Waals surface area (Å²) in [6.07, 6.45) is 2.52. The Morgan fingerprint density at radius 3 is 2.39 bits per heavy atom. The molecule has 1 rings (SSSR count). The van der Waals surface area contributed by atoms with Gasteiger partial charge in [0.1, 0.15) is 11.8 Å². The number of hydrogen-bond donors (Lipinski definition) is 2. The monoisotopic (exact) mass is 321 g/mol. The smallest absolute Gasteiger partial charge is 0.326 e. The van der Waals surface area contributed by atoms with Gasteiger partial charge >= 0.3 is 5.97 Å². The number of carboxylic acids is 1. The third-order valence-electron chi connectivity index (χ3n) is 3.83. The Balaban J connectivity index is 2.47. The van der Waals surface area contributed by atoms with Crippen molar-refractivity contribution in [2.45, 2.75) is 52.5 Å². The predicted octanol–water partition coefficient (Wildman–Crippen LogP) is 3.02. The molecule has 0 saturated carbocycles. The Hall–Kier alpha value is -2.04. The van der Waals surface area contributed by atoms with Gasteiger partial charge in [-0.25, -0.2) is 4.79 Å². The molecule has 0 bridgehead atoms. The molecule has 23 heavy (non-hydrogen) atoms. The average Bonchev–Trinajstić information content (AvgIpc) is 2.55. The highest BCUT2D eigenvalue weighted by molar-refractivity contribution is 5.83.